The molecule has 1 heterocycles. The van der Waals surface area contributed by atoms with Crippen LogP contribution in [0, 0.1) is 5.41 Å². The van der Waals surface area contributed by atoms with E-state index in [1.54, 1.807) is 0 Å². The van der Waals surface area contributed by atoms with Crippen molar-refractivity contribution in [2.75, 3.05) is 26.4 Å². The smallest absolute Gasteiger partial charge is 0.380 e. The van der Waals surface area contributed by atoms with Crippen LogP contribution in [0.4, 0.5) is 22.0 Å². The van der Waals surface area contributed by atoms with Crippen molar-refractivity contribution in [1.82, 2.24) is 0 Å². The maximum Gasteiger partial charge on any atom is 0.453 e. The van der Waals surface area contributed by atoms with E-state index in [1.807, 2.05) is 6.92 Å². The van der Waals surface area contributed by atoms with Crippen LogP contribution in [0.15, 0.2) is 0 Å². The Balaban J connectivity index is 2.24. The highest BCUT2D eigenvalue weighted by Crippen LogP contribution is 2.38. The van der Waals surface area contributed by atoms with E-state index in [1.165, 1.54) is 0 Å². The molecule has 0 spiro atoms. The summed E-state index contributed by atoms with van der Waals surface area (Å²) in [4.78, 5) is 0. The summed E-state index contributed by atoms with van der Waals surface area (Å²) in [6.07, 6.45) is -6.09. The Morgan fingerprint density at radius 2 is 1.76 bits per heavy atom. The van der Waals surface area contributed by atoms with Gasteiger partial charge >= 0.3 is 12.1 Å². The summed E-state index contributed by atoms with van der Waals surface area (Å²) in [5.41, 5.74) is -0.201. The summed E-state index contributed by atoms with van der Waals surface area (Å²) in [6, 6.07) is 0. The van der Waals surface area contributed by atoms with E-state index in [9.17, 15) is 22.0 Å². The first-order valence-electron chi connectivity index (χ1n) is 5.32. The van der Waals surface area contributed by atoms with Crippen LogP contribution >= 0.6 is 0 Å². The fourth-order valence-corrected chi connectivity index (χ4v) is 1.41. The summed E-state index contributed by atoms with van der Waals surface area (Å²) in [7, 11) is 0. The van der Waals surface area contributed by atoms with Gasteiger partial charge in [0.25, 0.3) is 0 Å². The molecule has 0 N–H and O–H groups in total. The fraction of sp³-hybridized carbons (Fsp3) is 1.00. The molecule has 1 aliphatic rings. The van der Waals surface area contributed by atoms with Crippen LogP contribution in [-0.4, -0.2) is 38.5 Å². The predicted molar refractivity (Wildman–Crippen MR) is 50.0 cm³/mol. The van der Waals surface area contributed by atoms with Gasteiger partial charge in [-0.2, -0.15) is 22.0 Å². The third-order valence-electron chi connectivity index (χ3n) is 2.95. The minimum atomic E-state index is -5.50. The van der Waals surface area contributed by atoms with Crippen molar-refractivity contribution >= 4 is 0 Å². The van der Waals surface area contributed by atoms with Crippen LogP contribution in [0.2, 0.25) is 0 Å². The lowest BCUT2D eigenvalue weighted by molar-refractivity contribution is -0.287. The number of hydrogen-bond acceptors (Lipinski definition) is 2. The Bertz CT molecular complexity index is 242. The van der Waals surface area contributed by atoms with E-state index in [2.05, 4.69) is 0 Å². The molecule has 7 heteroatoms. The van der Waals surface area contributed by atoms with Gasteiger partial charge in [0, 0.05) is 11.8 Å². The molecule has 0 saturated carbocycles. The summed E-state index contributed by atoms with van der Waals surface area (Å²) < 4.78 is 70.3. The van der Waals surface area contributed by atoms with Crippen LogP contribution in [0.25, 0.3) is 0 Å². The van der Waals surface area contributed by atoms with Crippen LogP contribution in [0.3, 0.4) is 0 Å². The van der Waals surface area contributed by atoms with E-state index in [0.29, 0.717) is 13.2 Å². The minimum Gasteiger partial charge on any atom is -0.380 e. The molecule has 0 aromatic carbocycles. The van der Waals surface area contributed by atoms with Gasteiger partial charge < -0.3 is 9.47 Å². The van der Waals surface area contributed by atoms with Crippen LogP contribution in [0.5, 0.6) is 0 Å². The highest BCUT2D eigenvalue weighted by molar-refractivity contribution is 4.84. The van der Waals surface area contributed by atoms with Gasteiger partial charge in [0.2, 0.25) is 0 Å². The van der Waals surface area contributed by atoms with Gasteiger partial charge in [0.1, 0.15) is 0 Å². The summed E-state index contributed by atoms with van der Waals surface area (Å²) in [5.74, 6) is -4.68. The van der Waals surface area contributed by atoms with Crippen molar-refractivity contribution in [3.63, 3.8) is 0 Å². The zero-order valence-corrected chi connectivity index (χ0v) is 9.45. The molecule has 1 fully saturated rings. The molecule has 0 radical (unpaired) electrons. The van der Waals surface area contributed by atoms with E-state index >= 15 is 0 Å². The van der Waals surface area contributed by atoms with Crippen LogP contribution in [0.1, 0.15) is 19.8 Å². The third kappa shape index (κ3) is 3.51. The maximum absolute atomic E-state index is 12.5. The molecular weight excluding hydrogens is 247 g/mol. The van der Waals surface area contributed by atoms with Gasteiger partial charge in [0.05, 0.1) is 26.4 Å². The second kappa shape index (κ2) is 5.06. The number of ether oxygens (including phenoxy) is 2. The SMILES string of the molecule is CCC1(COCCC(F)(F)C(F)(F)F)COC1. The Kier molecular flexibility index (Phi) is 4.35. The highest BCUT2D eigenvalue weighted by atomic mass is 19.4. The average Bonchev–Trinajstić information content (AvgIpc) is 2.13. The third-order valence-corrected chi connectivity index (χ3v) is 2.95. The fourth-order valence-electron chi connectivity index (χ4n) is 1.41. The van der Waals surface area contributed by atoms with E-state index in [0.717, 1.165) is 6.42 Å². The van der Waals surface area contributed by atoms with Gasteiger partial charge in [-0.15, -0.1) is 0 Å². The quantitative estimate of drug-likeness (QED) is 0.541. The minimum absolute atomic E-state index is 0.164. The predicted octanol–water partition coefficient (Wildman–Crippen LogP) is 3.02. The molecule has 0 aromatic heterocycles. The zero-order chi connectivity index (χ0) is 13.2. The largest absolute Gasteiger partial charge is 0.453 e. The highest BCUT2D eigenvalue weighted by Gasteiger charge is 2.56. The van der Waals surface area contributed by atoms with Gasteiger partial charge in [0.15, 0.2) is 0 Å². The second-order valence-corrected chi connectivity index (χ2v) is 4.35. The second-order valence-electron chi connectivity index (χ2n) is 4.35. The number of alkyl halides is 5. The summed E-state index contributed by atoms with van der Waals surface area (Å²) in [5, 5.41) is 0. The number of hydrogen-bond donors (Lipinski definition) is 0. The molecule has 1 aliphatic heterocycles. The molecule has 0 unspecified atom stereocenters. The maximum atomic E-state index is 12.5. The Morgan fingerprint density at radius 3 is 2.12 bits per heavy atom. The first kappa shape index (κ1) is 14.6. The molecule has 102 valence electrons. The van der Waals surface area contributed by atoms with Crippen molar-refractivity contribution in [3.05, 3.63) is 0 Å². The molecular formula is C10H15F5O2. The summed E-state index contributed by atoms with van der Waals surface area (Å²) >= 11 is 0. The molecule has 17 heavy (non-hydrogen) atoms. The zero-order valence-electron chi connectivity index (χ0n) is 9.45. The Labute approximate surface area is 96.1 Å². The molecule has 1 saturated heterocycles. The summed E-state index contributed by atoms with van der Waals surface area (Å²) in [6.45, 7) is 2.40. The van der Waals surface area contributed by atoms with Crippen molar-refractivity contribution in [2.24, 2.45) is 5.41 Å². The molecule has 1 rings (SSSR count). The van der Waals surface area contributed by atoms with Crippen molar-refractivity contribution < 1.29 is 31.4 Å². The molecule has 2 nitrogen and oxygen atoms in total. The lowest BCUT2D eigenvalue weighted by Crippen LogP contribution is -2.46. The molecule has 0 bridgehead atoms. The standard InChI is InChI=1S/C10H15F5O2/c1-2-8(6-17-7-8)5-16-4-3-9(11,12)10(13,14)15/h2-7H2,1H3. The van der Waals surface area contributed by atoms with Crippen molar-refractivity contribution in [1.29, 1.82) is 0 Å². The molecule has 0 aromatic rings. The lowest BCUT2D eigenvalue weighted by Gasteiger charge is -2.40. The van der Waals surface area contributed by atoms with E-state index < -0.39 is 25.1 Å². The Morgan fingerprint density at radius 1 is 1.18 bits per heavy atom. The van der Waals surface area contributed by atoms with Gasteiger partial charge in [-0.3, -0.25) is 0 Å². The van der Waals surface area contributed by atoms with Crippen LogP contribution in [-0.2, 0) is 9.47 Å². The van der Waals surface area contributed by atoms with Gasteiger partial charge in [-0.1, -0.05) is 6.92 Å². The molecule has 0 amide bonds. The van der Waals surface area contributed by atoms with Gasteiger partial charge in [-0.25, -0.2) is 0 Å². The van der Waals surface area contributed by atoms with Crippen molar-refractivity contribution in [2.45, 2.75) is 31.9 Å². The number of rotatable bonds is 6. The number of halogens is 5. The van der Waals surface area contributed by atoms with E-state index in [4.69, 9.17) is 9.47 Å². The first-order valence-corrected chi connectivity index (χ1v) is 5.32. The Hall–Kier alpha value is -0.430. The van der Waals surface area contributed by atoms with Gasteiger partial charge in [-0.05, 0) is 6.42 Å². The van der Waals surface area contributed by atoms with E-state index in [-0.39, 0.29) is 12.0 Å². The monoisotopic (exact) mass is 262 g/mol. The molecule has 0 aliphatic carbocycles. The first-order chi connectivity index (χ1) is 7.72. The van der Waals surface area contributed by atoms with Crippen molar-refractivity contribution in [3.8, 4) is 0 Å². The average molecular weight is 262 g/mol. The lowest BCUT2D eigenvalue weighted by atomic mass is 9.84. The topological polar surface area (TPSA) is 18.5 Å². The van der Waals surface area contributed by atoms with Crippen LogP contribution < -0.4 is 0 Å². The normalized spacial score (nSPS) is 20.1. The molecule has 0 atom stereocenters.